The molecule has 0 radical (unpaired) electrons. The van der Waals surface area contributed by atoms with Gasteiger partial charge in [-0.1, -0.05) is 40.2 Å². The Morgan fingerprint density at radius 3 is 2.46 bits per heavy atom. The van der Waals surface area contributed by atoms with Gasteiger partial charge in [0.1, 0.15) is 0 Å². The number of hydrogen-bond acceptors (Lipinski definition) is 4. The Labute approximate surface area is 171 Å². The molecule has 0 fully saturated rings. The van der Waals surface area contributed by atoms with Crippen LogP contribution in [0.2, 0.25) is 0 Å². The molecule has 0 spiro atoms. The lowest BCUT2D eigenvalue weighted by Crippen LogP contribution is -2.24. The SMILES string of the molecule is COC(=O)C1=C(C)N(c2cccc(C(C)=O)c2)C(=O)/C1=C\c1cccc(Br)c1. The second kappa shape index (κ2) is 7.94. The molecule has 1 aliphatic heterocycles. The highest BCUT2D eigenvalue weighted by atomic mass is 79.9. The first kappa shape index (κ1) is 19.8. The molecule has 0 aromatic heterocycles. The molecule has 5 nitrogen and oxygen atoms in total. The number of Topliss-reactive ketones (excluding diaryl/α,β-unsaturated/α-hetero) is 1. The number of benzene rings is 2. The largest absolute Gasteiger partial charge is 0.465 e. The van der Waals surface area contributed by atoms with Gasteiger partial charge in [0.25, 0.3) is 5.91 Å². The van der Waals surface area contributed by atoms with Crippen LogP contribution in [0.5, 0.6) is 0 Å². The monoisotopic (exact) mass is 439 g/mol. The number of nitrogens with zero attached hydrogens (tertiary/aromatic N) is 1. The second-order valence-corrected chi connectivity index (χ2v) is 7.23. The third-order valence-corrected chi connectivity index (χ3v) is 4.95. The van der Waals surface area contributed by atoms with Crippen molar-refractivity contribution in [1.29, 1.82) is 0 Å². The fraction of sp³-hybridized carbons (Fsp3) is 0.136. The molecule has 0 bridgehead atoms. The van der Waals surface area contributed by atoms with Crippen LogP contribution in [-0.4, -0.2) is 24.8 Å². The Morgan fingerprint density at radius 2 is 1.82 bits per heavy atom. The summed E-state index contributed by atoms with van der Waals surface area (Å²) in [7, 11) is 1.28. The van der Waals surface area contributed by atoms with Crippen molar-refractivity contribution in [2.75, 3.05) is 12.0 Å². The standard InChI is InChI=1S/C22H18BrNO4/c1-13-20(22(27)28-3)19(11-15-6-4-8-17(23)10-15)21(26)24(13)18-9-5-7-16(12-18)14(2)25/h4-12H,1-3H3/b19-11-. The zero-order chi connectivity index (χ0) is 20.4. The Bertz CT molecular complexity index is 1050. The first-order valence-corrected chi connectivity index (χ1v) is 9.35. The van der Waals surface area contributed by atoms with Crippen LogP contribution in [0.4, 0.5) is 5.69 Å². The van der Waals surface area contributed by atoms with Gasteiger partial charge in [-0.2, -0.15) is 0 Å². The summed E-state index contributed by atoms with van der Waals surface area (Å²) in [4.78, 5) is 38.8. The molecule has 28 heavy (non-hydrogen) atoms. The van der Waals surface area contributed by atoms with Crippen LogP contribution in [-0.2, 0) is 14.3 Å². The van der Waals surface area contributed by atoms with Gasteiger partial charge in [-0.15, -0.1) is 0 Å². The van der Waals surface area contributed by atoms with E-state index in [0.717, 1.165) is 10.0 Å². The Balaban J connectivity index is 2.15. The lowest BCUT2D eigenvalue weighted by Gasteiger charge is -2.18. The van der Waals surface area contributed by atoms with E-state index in [1.54, 1.807) is 37.3 Å². The predicted molar refractivity (Wildman–Crippen MR) is 111 cm³/mol. The molecule has 142 valence electrons. The molecule has 1 aliphatic rings. The number of anilines is 1. The van der Waals surface area contributed by atoms with Gasteiger partial charge in [-0.25, -0.2) is 4.79 Å². The third-order valence-electron chi connectivity index (χ3n) is 4.46. The average Bonchev–Trinajstić information content (AvgIpc) is 2.91. The van der Waals surface area contributed by atoms with Gasteiger partial charge >= 0.3 is 5.97 Å². The van der Waals surface area contributed by atoms with E-state index in [4.69, 9.17) is 4.74 Å². The zero-order valence-corrected chi connectivity index (χ0v) is 17.2. The molecule has 3 rings (SSSR count). The number of esters is 1. The highest BCUT2D eigenvalue weighted by molar-refractivity contribution is 9.10. The summed E-state index contributed by atoms with van der Waals surface area (Å²) in [5.74, 6) is -1.04. The molecule has 2 aromatic carbocycles. The smallest absolute Gasteiger partial charge is 0.340 e. The van der Waals surface area contributed by atoms with Crippen LogP contribution in [0, 0.1) is 0 Å². The molecule has 1 amide bonds. The lowest BCUT2D eigenvalue weighted by molar-refractivity contribution is -0.136. The normalized spacial score (nSPS) is 15.4. The van der Waals surface area contributed by atoms with Crippen molar-refractivity contribution >= 4 is 45.4 Å². The highest BCUT2D eigenvalue weighted by Gasteiger charge is 2.38. The maximum atomic E-state index is 13.2. The molecule has 0 aliphatic carbocycles. The molecule has 0 unspecified atom stereocenters. The van der Waals surface area contributed by atoms with E-state index in [0.29, 0.717) is 16.9 Å². The first-order valence-electron chi connectivity index (χ1n) is 8.55. The minimum Gasteiger partial charge on any atom is -0.465 e. The summed E-state index contributed by atoms with van der Waals surface area (Å²) in [6.07, 6.45) is 1.66. The van der Waals surface area contributed by atoms with Crippen molar-refractivity contribution in [2.24, 2.45) is 0 Å². The number of ether oxygens (including phenoxy) is 1. The first-order chi connectivity index (χ1) is 13.3. The van der Waals surface area contributed by atoms with Crippen LogP contribution in [0.15, 0.2) is 69.8 Å². The number of amides is 1. The maximum absolute atomic E-state index is 13.2. The summed E-state index contributed by atoms with van der Waals surface area (Å²) in [5, 5.41) is 0. The number of carbonyl (C=O) groups excluding carboxylic acids is 3. The number of carbonyl (C=O) groups is 3. The molecule has 6 heteroatoms. The fourth-order valence-corrected chi connectivity index (χ4v) is 3.53. The minimum absolute atomic E-state index is 0.103. The minimum atomic E-state index is -0.586. The molecule has 2 aromatic rings. The van der Waals surface area contributed by atoms with E-state index >= 15 is 0 Å². The van der Waals surface area contributed by atoms with E-state index in [2.05, 4.69) is 15.9 Å². The van der Waals surface area contributed by atoms with Gasteiger partial charge in [-0.3, -0.25) is 14.5 Å². The topological polar surface area (TPSA) is 63.7 Å². The van der Waals surface area contributed by atoms with E-state index < -0.39 is 5.97 Å². The molecular weight excluding hydrogens is 422 g/mol. The molecule has 0 atom stereocenters. The molecule has 1 heterocycles. The van der Waals surface area contributed by atoms with Gasteiger partial charge in [-0.05, 0) is 49.8 Å². The number of methoxy groups -OCH3 is 1. The van der Waals surface area contributed by atoms with Crippen molar-refractivity contribution in [1.82, 2.24) is 0 Å². The number of allylic oxidation sites excluding steroid dienone is 1. The van der Waals surface area contributed by atoms with E-state index in [1.165, 1.54) is 18.9 Å². The molecule has 0 saturated heterocycles. The summed E-state index contributed by atoms with van der Waals surface area (Å²) in [5.41, 5.74) is 2.69. The lowest BCUT2D eigenvalue weighted by atomic mass is 10.0. The van der Waals surface area contributed by atoms with Crippen LogP contribution < -0.4 is 4.90 Å². The summed E-state index contributed by atoms with van der Waals surface area (Å²) in [6.45, 7) is 3.15. The van der Waals surface area contributed by atoms with Crippen LogP contribution in [0.3, 0.4) is 0 Å². The van der Waals surface area contributed by atoms with Gasteiger partial charge in [0, 0.05) is 21.4 Å². The molecule has 0 N–H and O–H groups in total. The third kappa shape index (κ3) is 3.68. The van der Waals surface area contributed by atoms with Crippen molar-refractivity contribution in [3.8, 4) is 0 Å². The zero-order valence-electron chi connectivity index (χ0n) is 15.7. The predicted octanol–water partition coefficient (Wildman–Crippen LogP) is 4.53. The number of hydrogen-bond donors (Lipinski definition) is 0. The summed E-state index contributed by atoms with van der Waals surface area (Å²) < 4.78 is 5.77. The highest BCUT2D eigenvalue weighted by Crippen LogP contribution is 2.36. The van der Waals surface area contributed by atoms with Crippen LogP contribution in [0.25, 0.3) is 6.08 Å². The number of rotatable bonds is 4. The molecule has 0 saturated carbocycles. The Hall–Kier alpha value is -2.99. The second-order valence-electron chi connectivity index (χ2n) is 6.31. The van der Waals surface area contributed by atoms with Gasteiger partial charge < -0.3 is 4.74 Å². The van der Waals surface area contributed by atoms with Gasteiger partial charge in [0.15, 0.2) is 5.78 Å². The van der Waals surface area contributed by atoms with Crippen molar-refractivity contribution in [2.45, 2.75) is 13.8 Å². The van der Waals surface area contributed by atoms with Crippen LogP contribution in [0.1, 0.15) is 29.8 Å². The van der Waals surface area contributed by atoms with Gasteiger partial charge in [0.2, 0.25) is 0 Å². The summed E-state index contributed by atoms with van der Waals surface area (Å²) in [6, 6.07) is 14.2. The van der Waals surface area contributed by atoms with E-state index in [1.807, 2.05) is 24.3 Å². The van der Waals surface area contributed by atoms with Crippen molar-refractivity contribution in [3.63, 3.8) is 0 Å². The fourth-order valence-electron chi connectivity index (χ4n) is 3.12. The molecular formula is C22H18BrNO4. The summed E-state index contributed by atoms with van der Waals surface area (Å²) >= 11 is 3.41. The van der Waals surface area contributed by atoms with E-state index in [9.17, 15) is 14.4 Å². The van der Waals surface area contributed by atoms with Crippen molar-refractivity contribution in [3.05, 3.63) is 81.0 Å². The van der Waals surface area contributed by atoms with Crippen molar-refractivity contribution < 1.29 is 19.1 Å². The quantitative estimate of drug-likeness (QED) is 0.398. The number of halogens is 1. The van der Waals surface area contributed by atoms with Gasteiger partial charge in [0.05, 0.1) is 18.3 Å². The van der Waals surface area contributed by atoms with E-state index in [-0.39, 0.29) is 22.8 Å². The Kier molecular flexibility index (Phi) is 5.61. The number of ketones is 1. The average molecular weight is 440 g/mol. The van der Waals surface area contributed by atoms with Crippen LogP contribution >= 0.6 is 15.9 Å². The Morgan fingerprint density at radius 1 is 1.11 bits per heavy atom. The maximum Gasteiger partial charge on any atom is 0.340 e.